The van der Waals surface area contributed by atoms with Crippen LogP contribution in [0.2, 0.25) is 0 Å². The summed E-state index contributed by atoms with van der Waals surface area (Å²) in [6.45, 7) is 4.06. The first-order chi connectivity index (χ1) is 13.5. The van der Waals surface area contributed by atoms with Gasteiger partial charge in [-0.2, -0.15) is 0 Å². The molecule has 5 heteroatoms. The van der Waals surface area contributed by atoms with Crippen LogP contribution in [0.5, 0.6) is 0 Å². The first kappa shape index (κ1) is 18.4. The van der Waals surface area contributed by atoms with Gasteiger partial charge < -0.3 is 9.52 Å². The van der Waals surface area contributed by atoms with Gasteiger partial charge in [0.25, 0.3) is 0 Å². The molecule has 5 nitrogen and oxygen atoms in total. The van der Waals surface area contributed by atoms with Gasteiger partial charge >= 0.3 is 5.97 Å². The van der Waals surface area contributed by atoms with Crippen LogP contribution in [0.4, 0.5) is 0 Å². The summed E-state index contributed by atoms with van der Waals surface area (Å²) in [5, 5.41) is 10.3. The zero-order valence-corrected chi connectivity index (χ0v) is 15.9. The zero-order chi connectivity index (χ0) is 19.7. The Morgan fingerprint density at radius 2 is 1.75 bits per heavy atom. The van der Waals surface area contributed by atoms with Gasteiger partial charge in [-0.1, -0.05) is 48.0 Å². The molecule has 0 amide bonds. The Balaban J connectivity index is 1.46. The lowest BCUT2D eigenvalue weighted by Crippen LogP contribution is -2.36. The number of fused-ring (bicyclic) bond motifs is 1. The summed E-state index contributed by atoms with van der Waals surface area (Å²) < 4.78 is 5.55. The number of carboxylic acid groups (broad SMARTS) is 1. The Morgan fingerprint density at radius 3 is 2.43 bits per heavy atom. The van der Waals surface area contributed by atoms with Crippen molar-refractivity contribution in [3.63, 3.8) is 0 Å². The van der Waals surface area contributed by atoms with Crippen molar-refractivity contribution < 1.29 is 19.1 Å². The number of carbonyl (C=O) groups is 2. The van der Waals surface area contributed by atoms with Gasteiger partial charge in [0.05, 0.1) is 0 Å². The van der Waals surface area contributed by atoms with Crippen LogP contribution in [-0.2, 0) is 6.54 Å². The number of benzene rings is 2. The van der Waals surface area contributed by atoms with Gasteiger partial charge in [-0.3, -0.25) is 9.69 Å². The second kappa shape index (κ2) is 7.60. The maximum absolute atomic E-state index is 12.7. The van der Waals surface area contributed by atoms with E-state index in [-0.39, 0.29) is 17.5 Å². The van der Waals surface area contributed by atoms with Gasteiger partial charge in [0.15, 0.2) is 5.78 Å². The molecular weight excluding hydrogens is 354 g/mol. The number of rotatable bonds is 5. The summed E-state index contributed by atoms with van der Waals surface area (Å²) in [5.41, 5.74) is 3.23. The minimum atomic E-state index is -1.05. The van der Waals surface area contributed by atoms with Crippen molar-refractivity contribution >= 4 is 22.7 Å². The van der Waals surface area contributed by atoms with Gasteiger partial charge in [-0.15, -0.1) is 0 Å². The molecule has 0 radical (unpaired) electrons. The molecule has 1 fully saturated rings. The molecule has 0 atom stereocenters. The highest BCUT2D eigenvalue weighted by atomic mass is 16.4. The van der Waals surface area contributed by atoms with E-state index < -0.39 is 5.97 Å². The normalized spacial score (nSPS) is 15.8. The number of aromatic carboxylic acids is 1. The van der Waals surface area contributed by atoms with E-state index in [1.165, 1.54) is 0 Å². The molecule has 144 valence electrons. The largest absolute Gasteiger partial charge is 0.475 e. The maximum atomic E-state index is 12.7. The molecule has 1 N–H and O–H groups in total. The van der Waals surface area contributed by atoms with Crippen molar-refractivity contribution in [3.8, 4) is 0 Å². The number of nitrogens with zero attached hydrogens (tertiary/aromatic N) is 1. The molecule has 1 aromatic heterocycles. The van der Waals surface area contributed by atoms with Gasteiger partial charge in [0.1, 0.15) is 5.58 Å². The highest BCUT2D eigenvalue weighted by molar-refractivity contribution is 5.98. The summed E-state index contributed by atoms with van der Waals surface area (Å²) in [7, 11) is 0. The monoisotopic (exact) mass is 377 g/mol. The van der Waals surface area contributed by atoms with E-state index in [4.69, 9.17) is 4.42 Å². The first-order valence-corrected chi connectivity index (χ1v) is 9.60. The molecule has 0 aliphatic carbocycles. The number of carbonyl (C=O) groups excluding carboxylic acids is 1. The van der Waals surface area contributed by atoms with Crippen LogP contribution in [0, 0.1) is 12.8 Å². The van der Waals surface area contributed by atoms with Gasteiger partial charge in [0, 0.05) is 29.0 Å². The fourth-order valence-corrected chi connectivity index (χ4v) is 3.96. The molecular formula is C23H23NO4. The van der Waals surface area contributed by atoms with E-state index in [1.54, 1.807) is 6.07 Å². The smallest absolute Gasteiger partial charge is 0.372 e. The molecule has 1 aliphatic rings. The molecule has 1 aliphatic heterocycles. The van der Waals surface area contributed by atoms with Crippen LogP contribution in [0.25, 0.3) is 11.0 Å². The molecule has 0 bridgehead atoms. The van der Waals surface area contributed by atoms with Gasteiger partial charge in [-0.05, 0) is 38.9 Å². The van der Waals surface area contributed by atoms with Crippen LogP contribution in [0.15, 0.2) is 52.9 Å². The SMILES string of the molecule is Cc1ccc(C(=O)C2CCN(Cc3c(C(=O)O)oc4ccccc34)CC2)cc1. The molecule has 3 aromatic rings. The summed E-state index contributed by atoms with van der Waals surface area (Å²) in [4.78, 5) is 26.6. The van der Waals surface area contributed by atoms with Crippen LogP contribution >= 0.6 is 0 Å². The van der Waals surface area contributed by atoms with E-state index in [0.29, 0.717) is 17.7 Å². The van der Waals surface area contributed by atoms with Crippen molar-refractivity contribution in [3.05, 3.63) is 71.0 Å². The number of aryl methyl sites for hydroxylation is 1. The summed E-state index contributed by atoms with van der Waals surface area (Å²) in [5.74, 6) is -0.798. The molecule has 4 rings (SSSR count). The number of furan rings is 1. The van der Waals surface area contributed by atoms with Crippen molar-refractivity contribution in [2.45, 2.75) is 26.3 Å². The Hall–Kier alpha value is -2.92. The second-order valence-corrected chi connectivity index (χ2v) is 7.49. The predicted molar refractivity (Wildman–Crippen MR) is 107 cm³/mol. The average Bonchev–Trinajstić information content (AvgIpc) is 3.07. The number of hydrogen-bond donors (Lipinski definition) is 1. The topological polar surface area (TPSA) is 70.8 Å². The fourth-order valence-electron chi connectivity index (χ4n) is 3.96. The van der Waals surface area contributed by atoms with Crippen molar-refractivity contribution in [1.82, 2.24) is 4.90 Å². The predicted octanol–water partition coefficient (Wildman–Crippen LogP) is 4.53. The molecule has 0 saturated carbocycles. The number of para-hydroxylation sites is 1. The van der Waals surface area contributed by atoms with E-state index in [0.717, 1.165) is 42.4 Å². The van der Waals surface area contributed by atoms with Gasteiger partial charge in [-0.25, -0.2) is 4.79 Å². The maximum Gasteiger partial charge on any atom is 0.372 e. The third kappa shape index (κ3) is 3.58. The molecule has 28 heavy (non-hydrogen) atoms. The first-order valence-electron chi connectivity index (χ1n) is 9.60. The van der Waals surface area contributed by atoms with Crippen LogP contribution in [-0.4, -0.2) is 34.8 Å². The van der Waals surface area contributed by atoms with Crippen LogP contribution in [0.3, 0.4) is 0 Å². The number of ketones is 1. The Bertz CT molecular complexity index is 1010. The lowest BCUT2D eigenvalue weighted by atomic mass is 9.88. The lowest BCUT2D eigenvalue weighted by Gasteiger charge is -2.31. The zero-order valence-electron chi connectivity index (χ0n) is 15.9. The number of hydrogen-bond acceptors (Lipinski definition) is 4. The fraction of sp³-hybridized carbons (Fsp3) is 0.304. The van der Waals surface area contributed by atoms with Gasteiger partial charge in [0.2, 0.25) is 5.76 Å². The van der Waals surface area contributed by atoms with Crippen molar-refractivity contribution in [2.75, 3.05) is 13.1 Å². The second-order valence-electron chi connectivity index (χ2n) is 7.49. The highest BCUT2D eigenvalue weighted by Gasteiger charge is 2.28. The minimum absolute atomic E-state index is 0.0130. The lowest BCUT2D eigenvalue weighted by molar-refractivity contribution is 0.0661. The Labute approximate surface area is 163 Å². The molecule has 0 spiro atoms. The summed E-state index contributed by atoms with van der Waals surface area (Å²) in [6, 6.07) is 15.2. The molecule has 1 saturated heterocycles. The van der Waals surface area contributed by atoms with E-state index in [9.17, 15) is 14.7 Å². The van der Waals surface area contributed by atoms with Crippen molar-refractivity contribution in [2.24, 2.45) is 5.92 Å². The number of Topliss-reactive ketones (excluding diaryl/α,β-unsaturated/α-hetero) is 1. The number of piperidine rings is 1. The van der Waals surface area contributed by atoms with Crippen LogP contribution < -0.4 is 0 Å². The Morgan fingerprint density at radius 1 is 1.07 bits per heavy atom. The summed E-state index contributed by atoms with van der Waals surface area (Å²) >= 11 is 0. The molecule has 2 heterocycles. The molecule has 0 unspecified atom stereocenters. The quantitative estimate of drug-likeness (QED) is 0.661. The molecule has 2 aromatic carbocycles. The summed E-state index contributed by atoms with van der Waals surface area (Å²) in [6.07, 6.45) is 1.57. The van der Waals surface area contributed by atoms with E-state index in [2.05, 4.69) is 4.90 Å². The van der Waals surface area contributed by atoms with Crippen LogP contribution in [0.1, 0.15) is 44.9 Å². The average molecular weight is 377 g/mol. The van der Waals surface area contributed by atoms with E-state index in [1.807, 2.05) is 49.4 Å². The van der Waals surface area contributed by atoms with Crippen molar-refractivity contribution in [1.29, 1.82) is 0 Å². The minimum Gasteiger partial charge on any atom is -0.475 e. The standard InChI is InChI=1S/C23H23NO4/c1-15-6-8-16(9-7-15)21(25)17-10-12-24(13-11-17)14-19-18-4-2-3-5-20(18)28-22(19)23(26)27/h2-9,17H,10-14H2,1H3,(H,26,27). The third-order valence-corrected chi connectivity index (χ3v) is 5.57. The number of likely N-dealkylation sites (tertiary alicyclic amines) is 1. The Kier molecular flexibility index (Phi) is 5.01. The third-order valence-electron chi connectivity index (χ3n) is 5.57. The number of carboxylic acids is 1. The van der Waals surface area contributed by atoms with E-state index >= 15 is 0 Å². The highest BCUT2D eigenvalue weighted by Crippen LogP contribution is 2.29.